The average molecular weight is 379 g/mol. The van der Waals surface area contributed by atoms with E-state index in [9.17, 15) is 0 Å². The Morgan fingerprint density at radius 2 is 1.96 bits per heavy atom. The van der Waals surface area contributed by atoms with Gasteiger partial charge in [0.25, 0.3) is 0 Å². The Balaban J connectivity index is 1.57. The van der Waals surface area contributed by atoms with E-state index >= 15 is 0 Å². The molecule has 2 N–H and O–H groups in total. The van der Waals surface area contributed by atoms with Gasteiger partial charge in [-0.3, -0.25) is 0 Å². The zero-order valence-corrected chi connectivity index (χ0v) is 16.5. The molecule has 0 bridgehead atoms. The summed E-state index contributed by atoms with van der Waals surface area (Å²) >= 11 is 1.75. The maximum absolute atomic E-state index is 5.51. The van der Waals surface area contributed by atoms with Crippen LogP contribution >= 0.6 is 11.3 Å². The fraction of sp³-hybridized carbons (Fsp3) is 0.304. The standard InChI is InChI=1S/C23H26N2OS/c1-26-22-11-5-2-7-17(22)15-25-21-10-6-13-24-23(21)20-9-4-3-8-19(20)18-12-14-27-16-18/h2-5,7-9,11-12,14,16,21,23-25H,6,10,13,15H2,1H3. The first-order valence-electron chi connectivity index (χ1n) is 9.57. The van der Waals surface area contributed by atoms with Crippen molar-refractivity contribution in [3.05, 3.63) is 76.5 Å². The molecule has 2 heterocycles. The molecule has 2 unspecified atom stereocenters. The van der Waals surface area contributed by atoms with E-state index in [0.29, 0.717) is 12.1 Å². The van der Waals surface area contributed by atoms with Gasteiger partial charge in [0.15, 0.2) is 0 Å². The summed E-state index contributed by atoms with van der Waals surface area (Å²) in [6.45, 7) is 1.88. The summed E-state index contributed by atoms with van der Waals surface area (Å²) in [7, 11) is 1.74. The summed E-state index contributed by atoms with van der Waals surface area (Å²) in [5.41, 5.74) is 5.23. The lowest BCUT2D eigenvalue weighted by atomic mass is 9.87. The minimum atomic E-state index is 0.310. The Kier molecular flexibility index (Phi) is 5.87. The van der Waals surface area contributed by atoms with Crippen molar-refractivity contribution in [1.82, 2.24) is 10.6 Å². The molecule has 27 heavy (non-hydrogen) atoms. The van der Waals surface area contributed by atoms with Crippen LogP contribution in [0.4, 0.5) is 0 Å². The topological polar surface area (TPSA) is 33.3 Å². The van der Waals surface area contributed by atoms with E-state index in [0.717, 1.165) is 18.8 Å². The Labute approximate surface area is 165 Å². The van der Waals surface area contributed by atoms with Crippen molar-refractivity contribution >= 4 is 11.3 Å². The summed E-state index contributed by atoms with van der Waals surface area (Å²) in [5, 5.41) is 11.9. The van der Waals surface area contributed by atoms with E-state index in [1.54, 1.807) is 18.4 Å². The van der Waals surface area contributed by atoms with Crippen molar-refractivity contribution in [3.8, 4) is 16.9 Å². The van der Waals surface area contributed by atoms with Crippen LogP contribution in [-0.4, -0.2) is 19.7 Å². The molecule has 0 aliphatic carbocycles. The van der Waals surface area contributed by atoms with Gasteiger partial charge in [-0.25, -0.2) is 0 Å². The smallest absolute Gasteiger partial charge is 0.123 e. The number of piperidine rings is 1. The summed E-state index contributed by atoms with van der Waals surface area (Å²) in [6, 6.07) is 20.0. The van der Waals surface area contributed by atoms with Gasteiger partial charge in [0, 0.05) is 24.2 Å². The van der Waals surface area contributed by atoms with Crippen LogP contribution in [0.25, 0.3) is 11.1 Å². The Morgan fingerprint density at radius 1 is 1.11 bits per heavy atom. The Bertz CT molecular complexity index is 862. The largest absolute Gasteiger partial charge is 0.496 e. The van der Waals surface area contributed by atoms with E-state index in [1.165, 1.54) is 35.1 Å². The molecule has 0 saturated carbocycles. The Morgan fingerprint density at radius 3 is 2.81 bits per heavy atom. The van der Waals surface area contributed by atoms with Crippen molar-refractivity contribution in [2.45, 2.75) is 31.5 Å². The molecule has 0 amide bonds. The molecular formula is C23H26N2OS. The zero-order valence-electron chi connectivity index (χ0n) is 15.7. The molecule has 3 aromatic rings. The highest BCUT2D eigenvalue weighted by molar-refractivity contribution is 7.08. The van der Waals surface area contributed by atoms with E-state index in [-0.39, 0.29) is 0 Å². The number of methoxy groups -OCH3 is 1. The monoisotopic (exact) mass is 378 g/mol. The van der Waals surface area contributed by atoms with Gasteiger partial charge in [-0.1, -0.05) is 42.5 Å². The molecule has 1 aliphatic heterocycles. The molecule has 0 radical (unpaired) electrons. The van der Waals surface area contributed by atoms with Crippen LogP contribution in [0.3, 0.4) is 0 Å². The third kappa shape index (κ3) is 4.08. The highest BCUT2D eigenvalue weighted by atomic mass is 32.1. The quantitative estimate of drug-likeness (QED) is 0.633. The predicted octanol–water partition coefficient (Wildman–Crippen LogP) is 5.01. The second-order valence-electron chi connectivity index (χ2n) is 6.97. The first-order valence-corrected chi connectivity index (χ1v) is 10.5. The molecule has 4 heteroatoms. The first kappa shape index (κ1) is 18.2. The second-order valence-corrected chi connectivity index (χ2v) is 7.75. The molecule has 1 aliphatic rings. The van der Waals surface area contributed by atoms with Crippen molar-refractivity contribution in [3.63, 3.8) is 0 Å². The maximum atomic E-state index is 5.51. The van der Waals surface area contributed by atoms with Gasteiger partial charge < -0.3 is 15.4 Å². The molecule has 4 rings (SSSR count). The number of benzene rings is 2. The third-order valence-electron chi connectivity index (χ3n) is 5.33. The van der Waals surface area contributed by atoms with Crippen molar-refractivity contribution in [2.24, 2.45) is 0 Å². The van der Waals surface area contributed by atoms with Gasteiger partial charge in [-0.2, -0.15) is 11.3 Å². The normalized spacial score (nSPS) is 19.7. The lowest BCUT2D eigenvalue weighted by Crippen LogP contribution is -2.45. The van der Waals surface area contributed by atoms with Gasteiger partial charge >= 0.3 is 0 Å². The van der Waals surface area contributed by atoms with Crippen LogP contribution < -0.4 is 15.4 Å². The van der Waals surface area contributed by atoms with Crippen LogP contribution in [0.5, 0.6) is 5.75 Å². The maximum Gasteiger partial charge on any atom is 0.123 e. The lowest BCUT2D eigenvalue weighted by molar-refractivity contribution is 0.303. The molecule has 3 nitrogen and oxygen atoms in total. The highest BCUT2D eigenvalue weighted by Crippen LogP contribution is 2.33. The van der Waals surface area contributed by atoms with Crippen LogP contribution in [0.1, 0.15) is 30.0 Å². The average Bonchev–Trinajstić information content (AvgIpc) is 3.27. The fourth-order valence-electron chi connectivity index (χ4n) is 3.97. The van der Waals surface area contributed by atoms with Crippen molar-refractivity contribution in [2.75, 3.05) is 13.7 Å². The van der Waals surface area contributed by atoms with E-state index < -0.39 is 0 Å². The van der Waals surface area contributed by atoms with E-state index in [4.69, 9.17) is 4.74 Å². The molecular weight excluding hydrogens is 352 g/mol. The highest BCUT2D eigenvalue weighted by Gasteiger charge is 2.27. The first-order chi connectivity index (χ1) is 13.4. The van der Waals surface area contributed by atoms with Gasteiger partial charge in [0.05, 0.1) is 7.11 Å². The molecule has 2 aromatic carbocycles. The number of hydrogen-bond acceptors (Lipinski definition) is 4. The van der Waals surface area contributed by atoms with Gasteiger partial charge in [0.1, 0.15) is 5.75 Å². The zero-order chi connectivity index (χ0) is 18.5. The fourth-order valence-corrected chi connectivity index (χ4v) is 4.63. The van der Waals surface area contributed by atoms with Crippen LogP contribution in [0.15, 0.2) is 65.4 Å². The van der Waals surface area contributed by atoms with Gasteiger partial charge in [-0.15, -0.1) is 0 Å². The molecule has 140 valence electrons. The number of thiophene rings is 1. The van der Waals surface area contributed by atoms with Crippen LogP contribution in [0.2, 0.25) is 0 Å². The third-order valence-corrected chi connectivity index (χ3v) is 6.02. The summed E-state index contributed by atoms with van der Waals surface area (Å²) in [6.07, 6.45) is 2.37. The minimum absolute atomic E-state index is 0.310. The summed E-state index contributed by atoms with van der Waals surface area (Å²) in [5.74, 6) is 0.948. The van der Waals surface area contributed by atoms with Gasteiger partial charge in [0.2, 0.25) is 0 Å². The van der Waals surface area contributed by atoms with Crippen molar-refractivity contribution in [1.29, 1.82) is 0 Å². The molecule has 1 aromatic heterocycles. The number of nitrogens with one attached hydrogen (secondary N) is 2. The van der Waals surface area contributed by atoms with Crippen LogP contribution in [0, 0.1) is 0 Å². The number of ether oxygens (including phenoxy) is 1. The minimum Gasteiger partial charge on any atom is -0.496 e. The molecule has 0 spiro atoms. The van der Waals surface area contributed by atoms with E-state index in [1.807, 2.05) is 12.1 Å². The Hall–Kier alpha value is -2.14. The number of hydrogen-bond donors (Lipinski definition) is 2. The number of para-hydroxylation sites is 1. The second kappa shape index (κ2) is 8.70. The lowest BCUT2D eigenvalue weighted by Gasteiger charge is -2.35. The van der Waals surface area contributed by atoms with E-state index in [2.05, 4.69) is 63.9 Å². The van der Waals surface area contributed by atoms with Gasteiger partial charge in [-0.05, 0) is 59.0 Å². The molecule has 1 fully saturated rings. The van der Waals surface area contributed by atoms with Crippen molar-refractivity contribution < 1.29 is 4.74 Å². The summed E-state index contributed by atoms with van der Waals surface area (Å²) in [4.78, 5) is 0. The number of rotatable bonds is 6. The molecule has 2 atom stereocenters. The predicted molar refractivity (Wildman–Crippen MR) is 113 cm³/mol. The molecule has 1 saturated heterocycles. The van der Waals surface area contributed by atoms with Crippen LogP contribution in [-0.2, 0) is 6.54 Å². The summed E-state index contributed by atoms with van der Waals surface area (Å²) < 4.78 is 5.51. The SMILES string of the molecule is COc1ccccc1CNC1CCCNC1c1ccccc1-c1ccsc1.